The Hall–Kier alpha value is -1.51. The second kappa shape index (κ2) is 5.42. The molecule has 1 aromatic carbocycles. The lowest BCUT2D eigenvalue weighted by Crippen LogP contribution is -2.05. The highest BCUT2D eigenvalue weighted by Crippen LogP contribution is 2.50. The normalized spacial score (nSPS) is 14.4. The Labute approximate surface area is 108 Å². The van der Waals surface area contributed by atoms with E-state index < -0.39 is 0 Å². The Balaban J connectivity index is 2.56. The molecule has 1 fully saturated rings. The molecule has 0 atom stereocenters. The second-order valence-corrected chi connectivity index (χ2v) is 4.59. The smallest absolute Gasteiger partial charge is 0.150 e. The molecule has 1 saturated carbocycles. The van der Waals surface area contributed by atoms with Gasteiger partial charge in [0.2, 0.25) is 0 Å². The van der Waals surface area contributed by atoms with Crippen LogP contribution < -0.4 is 9.47 Å². The molecule has 3 heteroatoms. The monoisotopic (exact) mass is 248 g/mol. The minimum Gasteiger partial charge on any atom is -0.493 e. The van der Waals surface area contributed by atoms with Gasteiger partial charge in [-0.15, -0.1) is 0 Å². The SMILES string of the molecule is CCOc1cc(C=O)c(C)c(OCC)c1C1CC1. The van der Waals surface area contributed by atoms with Crippen molar-refractivity contribution in [2.24, 2.45) is 0 Å². The summed E-state index contributed by atoms with van der Waals surface area (Å²) in [6.45, 7) is 7.07. The first-order chi connectivity index (χ1) is 8.72. The average Bonchev–Trinajstić information content (AvgIpc) is 3.18. The number of hydrogen-bond donors (Lipinski definition) is 0. The van der Waals surface area contributed by atoms with Gasteiger partial charge in [-0.1, -0.05) is 0 Å². The summed E-state index contributed by atoms with van der Waals surface area (Å²) in [5.41, 5.74) is 2.74. The number of rotatable bonds is 6. The van der Waals surface area contributed by atoms with Crippen LogP contribution >= 0.6 is 0 Å². The number of aldehydes is 1. The van der Waals surface area contributed by atoms with E-state index in [0.717, 1.165) is 28.9 Å². The third-order valence-corrected chi connectivity index (χ3v) is 3.27. The number of ether oxygens (including phenoxy) is 2. The maximum Gasteiger partial charge on any atom is 0.150 e. The summed E-state index contributed by atoms with van der Waals surface area (Å²) in [5.74, 6) is 2.21. The van der Waals surface area contributed by atoms with Crippen molar-refractivity contribution in [2.45, 2.75) is 39.5 Å². The highest BCUT2D eigenvalue weighted by atomic mass is 16.5. The van der Waals surface area contributed by atoms with Crippen molar-refractivity contribution in [3.8, 4) is 11.5 Å². The first-order valence-corrected chi connectivity index (χ1v) is 6.61. The Kier molecular flexibility index (Phi) is 3.90. The largest absolute Gasteiger partial charge is 0.493 e. The fraction of sp³-hybridized carbons (Fsp3) is 0.533. The van der Waals surface area contributed by atoms with Gasteiger partial charge in [-0.2, -0.15) is 0 Å². The summed E-state index contributed by atoms with van der Waals surface area (Å²) in [5, 5.41) is 0. The van der Waals surface area contributed by atoms with Crippen LogP contribution in [0.3, 0.4) is 0 Å². The highest BCUT2D eigenvalue weighted by molar-refractivity contribution is 5.81. The zero-order valence-corrected chi connectivity index (χ0v) is 11.3. The van der Waals surface area contributed by atoms with E-state index in [-0.39, 0.29) is 0 Å². The summed E-state index contributed by atoms with van der Waals surface area (Å²) in [7, 11) is 0. The van der Waals surface area contributed by atoms with E-state index in [1.807, 2.05) is 26.8 Å². The predicted molar refractivity (Wildman–Crippen MR) is 70.9 cm³/mol. The van der Waals surface area contributed by atoms with Crippen molar-refractivity contribution < 1.29 is 14.3 Å². The lowest BCUT2D eigenvalue weighted by Gasteiger charge is -2.18. The highest BCUT2D eigenvalue weighted by Gasteiger charge is 2.32. The van der Waals surface area contributed by atoms with Gasteiger partial charge in [0.15, 0.2) is 6.29 Å². The molecule has 0 radical (unpaired) electrons. The van der Waals surface area contributed by atoms with Gasteiger partial charge in [-0.25, -0.2) is 0 Å². The summed E-state index contributed by atoms with van der Waals surface area (Å²) >= 11 is 0. The first kappa shape index (κ1) is 12.9. The van der Waals surface area contributed by atoms with Crippen molar-refractivity contribution >= 4 is 6.29 Å². The molecule has 0 aliphatic heterocycles. The summed E-state index contributed by atoms with van der Waals surface area (Å²) in [6.07, 6.45) is 3.23. The van der Waals surface area contributed by atoms with Gasteiger partial charge in [0.25, 0.3) is 0 Å². The van der Waals surface area contributed by atoms with Crippen LogP contribution in [0.25, 0.3) is 0 Å². The molecule has 1 aromatic rings. The summed E-state index contributed by atoms with van der Waals surface area (Å²) < 4.78 is 11.4. The van der Waals surface area contributed by atoms with Gasteiger partial charge in [-0.05, 0) is 45.6 Å². The first-order valence-electron chi connectivity index (χ1n) is 6.61. The third-order valence-electron chi connectivity index (χ3n) is 3.27. The molecular formula is C15H20O3. The van der Waals surface area contributed by atoms with Gasteiger partial charge in [0.1, 0.15) is 11.5 Å². The van der Waals surface area contributed by atoms with Crippen molar-refractivity contribution in [2.75, 3.05) is 13.2 Å². The van der Waals surface area contributed by atoms with Crippen molar-refractivity contribution in [1.82, 2.24) is 0 Å². The lowest BCUT2D eigenvalue weighted by molar-refractivity contribution is 0.112. The molecule has 98 valence electrons. The Bertz CT molecular complexity index is 448. The molecule has 0 saturated heterocycles. The number of carbonyl (C=O) groups is 1. The van der Waals surface area contributed by atoms with Crippen LogP contribution in [0.15, 0.2) is 6.07 Å². The van der Waals surface area contributed by atoms with Crippen LogP contribution in [0.5, 0.6) is 11.5 Å². The van der Waals surface area contributed by atoms with E-state index in [0.29, 0.717) is 24.7 Å². The molecule has 0 amide bonds. The lowest BCUT2D eigenvalue weighted by atomic mass is 9.99. The van der Waals surface area contributed by atoms with E-state index in [9.17, 15) is 4.79 Å². The molecule has 0 N–H and O–H groups in total. The molecule has 1 aliphatic carbocycles. The van der Waals surface area contributed by atoms with Crippen molar-refractivity contribution in [3.05, 3.63) is 22.8 Å². The van der Waals surface area contributed by atoms with Gasteiger partial charge >= 0.3 is 0 Å². The van der Waals surface area contributed by atoms with Crippen molar-refractivity contribution in [1.29, 1.82) is 0 Å². The Morgan fingerprint density at radius 1 is 1.28 bits per heavy atom. The minimum absolute atomic E-state index is 0.535. The molecule has 2 rings (SSSR count). The van der Waals surface area contributed by atoms with E-state index in [1.165, 1.54) is 12.8 Å². The number of benzene rings is 1. The van der Waals surface area contributed by atoms with E-state index >= 15 is 0 Å². The van der Waals surface area contributed by atoms with Gasteiger partial charge in [0.05, 0.1) is 13.2 Å². The number of hydrogen-bond acceptors (Lipinski definition) is 3. The molecule has 0 unspecified atom stereocenters. The Morgan fingerprint density at radius 2 is 1.94 bits per heavy atom. The maximum absolute atomic E-state index is 11.1. The van der Waals surface area contributed by atoms with E-state index in [2.05, 4.69) is 0 Å². The van der Waals surface area contributed by atoms with Crippen LogP contribution in [0, 0.1) is 6.92 Å². The Morgan fingerprint density at radius 3 is 2.44 bits per heavy atom. The maximum atomic E-state index is 11.1. The minimum atomic E-state index is 0.535. The predicted octanol–water partition coefficient (Wildman–Crippen LogP) is 3.48. The average molecular weight is 248 g/mol. The fourth-order valence-electron chi connectivity index (χ4n) is 2.26. The van der Waals surface area contributed by atoms with Crippen molar-refractivity contribution in [3.63, 3.8) is 0 Å². The van der Waals surface area contributed by atoms with Crippen LogP contribution in [0.2, 0.25) is 0 Å². The van der Waals surface area contributed by atoms with Crippen LogP contribution in [-0.2, 0) is 0 Å². The molecule has 0 aromatic heterocycles. The van der Waals surface area contributed by atoms with Crippen LogP contribution in [-0.4, -0.2) is 19.5 Å². The van der Waals surface area contributed by atoms with Gasteiger partial charge in [0, 0.05) is 16.7 Å². The van der Waals surface area contributed by atoms with E-state index in [1.54, 1.807) is 0 Å². The summed E-state index contributed by atoms with van der Waals surface area (Å²) in [4.78, 5) is 11.1. The zero-order chi connectivity index (χ0) is 13.1. The standard InChI is InChI=1S/C15H20O3/c1-4-17-13-8-12(9-16)10(3)15(18-5-2)14(13)11-6-7-11/h8-9,11H,4-7H2,1-3H3. The molecular weight excluding hydrogens is 228 g/mol. The quantitative estimate of drug-likeness (QED) is 0.723. The molecule has 0 bridgehead atoms. The molecule has 1 aliphatic rings. The van der Waals surface area contributed by atoms with Crippen LogP contribution in [0.4, 0.5) is 0 Å². The summed E-state index contributed by atoms with van der Waals surface area (Å²) in [6, 6.07) is 1.85. The van der Waals surface area contributed by atoms with Gasteiger partial charge in [-0.3, -0.25) is 4.79 Å². The third kappa shape index (κ3) is 2.35. The molecule has 0 heterocycles. The number of carbonyl (C=O) groups excluding carboxylic acids is 1. The fourth-order valence-corrected chi connectivity index (χ4v) is 2.26. The molecule has 3 nitrogen and oxygen atoms in total. The zero-order valence-electron chi connectivity index (χ0n) is 11.3. The van der Waals surface area contributed by atoms with Crippen LogP contribution in [0.1, 0.15) is 54.1 Å². The molecule has 0 spiro atoms. The second-order valence-electron chi connectivity index (χ2n) is 4.59. The van der Waals surface area contributed by atoms with E-state index in [4.69, 9.17) is 9.47 Å². The molecule has 18 heavy (non-hydrogen) atoms. The van der Waals surface area contributed by atoms with Gasteiger partial charge < -0.3 is 9.47 Å². The topological polar surface area (TPSA) is 35.5 Å².